The summed E-state index contributed by atoms with van der Waals surface area (Å²) in [7, 11) is 0. The predicted octanol–water partition coefficient (Wildman–Crippen LogP) is 2.23. The van der Waals surface area contributed by atoms with Gasteiger partial charge in [0.1, 0.15) is 0 Å². The lowest BCUT2D eigenvalue weighted by atomic mass is 10.0. The first-order valence-electron chi connectivity index (χ1n) is 6.34. The average Bonchev–Trinajstić information content (AvgIpc) is 2.36. The fourth-order valence-corrected chi connectivity index (χ4v) is 2.29. The lowest BCUT2D eigenvalue weighted by Gasteiger charge is -2.33. The van der Waals surface area contributed by atoms with Crippen LogP contribution in [0.5, 0.6) is 0 Å². The summed E-state index contributed by atoms with van der Waals surface area (Å²) in [6, 6.07) is 5.98. The Kier molecular flexibility index (Phi) is 3.87. The Labute approximate surface area is 108 Å². The lowest BCUT2D eigenvalue weighted by molar-refractivity contribution is 0.113. The Morgan fingerprint density at radius 1 is 1.44 bits per heavy atom. The molecule has 2 rings (SSSR count). The van der Waals surface area contributed by atoms with Crippen LogP contribution in [0.1, 0.15) is 17.5 Å². The molecule has 0 radical (unpaired) electrons. The van der Waals surface area contributed by atoms with E-state index < -0.39 is 0 Å². The second kappa shape index (κ2) is 5.40. The summed E-state index contributed by atoms with van der Waals surface area (Å²) < 4.78 is 5.24. The summed E-state index contributed by atoms with van der Waals surface area (Å²) in [5.74, 6) is 0.326. The molecule has 0 aromatic heterocycles. The maximum absolute atomic E-state index is 11.9. The molecule has 0 aliphatic carbocycles. The van der Waals surface area contributed by atoms with Crippen molar-refractivity contribution in [3.63, 3.8) is 0 Å². The Hall–Kier alpha value is -1.55. The SMILES string of the molecule is Cc1cccc(N2CC(CCN)COC2=O)c1C. The van der Waals surface area contributed by atoms with Gasteiger partial charge in [0.15, 0.2) is 0 Å². The number of rotatable bonds is 3. The van der Waals surface area contributed by atoms with Crippen LogP contribution >= 0.6 is 0 Å². The smallest absolute Gasteiger partial charge is 0.414 e. The van der Waals surface area contributed by atoms with E-state index in [9.17, 15) is 4.79 Å². The zero-order chi connectivity index (χ0) is 13.1. The molecule has 1 heterocycles. The molecule has 98 valence electrons. The van der Waals surface area contributed by atoms with Gasteiger partial charge < -0.3 is 10.5 Å². The first-order chi connectivity index (χ1) is 8.63. The molecule has 1 saturated heterocycles. The van der Waals surface area contributed by atoms with E-state index >= 15 is 0 Å². The number of carbonyl (C=O) groups is 1. The molecule has 0 bridgehead atoms. The zero-order valence-electron chi connectivity index (χ0n) is 11.0. The quantitative estimate of drug-likeness (QED) is 0.892. The molecule has 1 aromatic rings. The number of ether oxygens (including phenoxy) is 1. The Bertz CT molecular complexity index is 445. The van der Waals surface area contributed by atoms with Gasteiger partial charge in [-0.25, -0.2) is 4.79 Å². The van der Waals surface area contributed by atoms with Crippen molar-refractivity contribution in [3.8, 4) is 0 Å². The van der Waals surface area contributed by atoms with Crippen LogP contribution in [0.4, 0.5) is 10.5 Å². The third kappa shape index (κ3) is 2.48. The number of benzene rings is 1. The van der Waals surface area contributed by atoms with E-state index in [-0.39, 0.29) is 6.09 Å². The van der Waals surface area contributed by atoms with Crippen molar-refractivity contribution in [2.45, 2.75) is 20.3 Å². The molecule has 4 nitrogen and oxygen atoms in total. The van der Waals surface area contributed by atoms with Crippen LogP contribution in [0, 0.1) is 19.8 Å². The molecule has 4 heteroatoms. The van der Waals surface area contributed by atoms with Gasteiger partial charge in [-0.3, -0.25) is 4.90 Å². The summed E-state index contributed by atoms with van der Waals surface area (Å²) >= 11 is 0. The van der Waals surface area contributed by atoms with E-state index in [4.69, 9.17) is 10.5 Å². The van der Waals surface area contributed by atoms with Crippen molar-refractivity contribution < 1.29 is 9.53 Å². The molecule has 0 saturated carbocycles. The zero-order valence-corrected chi connectivity index (χ0v) is 11.0. The third-order valence-electron chi connectivity index (χ3n) is 3.55. The number of hydrogen-bond donors (Lipinski definition) is 1. The molecule has 1 atom stereocenters. The van der Waals surface area contributed by atoms with Crippen molar-refractivity contribution in [1.82, 2.24) is 0 Å². The molecule has 1 fully saturated rings. The third-order valence-corrected chi connectivity index (χ3v) is 3.55. The van der Waals surface area contributed by atoms with Gasteiger partial charge in [-0.2, -0.15) is 0 Å². The van der Waals surface area contributed by atoms with Crippen LogP contribution in [0.3, 0.4) is 0 Å². The van der Waals surface area contributed by atoms with Gasteiger partial charge in [-0.15, -0.1) is 0 Å². The van der Waals surface area contributed by atoms with Gasteiger partial charge >= 0.3 is 6.09 Å². The van der Waals surface area contributed by atoms with Crippen molar-refractivity contribution in [2.75, 3.05) is 24.6 Å². The molecule has 0 spiro atoms. The highest BCUT2D eigenvalue weighted by Gasteiger charge is 2.28. The second-order valence-electron chi connectivity index (χ2n) is 4.85. The van der Waals surface area contributed by atoms with E-state index in [0.717, 1.165) is 17.7 Å². The number of nitrogens with zero attached hydrogens (tertiary/aromatic N) is 1. The highest BCUT2D eigenvalue weighted by Crippen LogP contribution is 2.27. The van der Waals surface area contributed by atoms with Gasteiger partial charge in [-0.1, -0.05) is 12.1 Å². The molecule has 1 amide bonds. The van der Waals surface area contributed by atoms with Gasteiger partial charge in [-0.05, 0) is 44.0 Å². The normalized spacial score (nSPS) is 19.8. The first-order valence-corrected chi connectivity index (χ1v) is 6.34. The average molecular weight is 248 g/mol. The standard InChI is InChI=1S/C14H20N2O2/c1-10-4-3-5-13(11(10)2)16-8-12(6-7-15)9-18-14(16)17/h3-5,12H,6-9,15H2,1-2H3. The van der Waals surface area contributed by atoms with Crippen molar-refractivity contribution >= 4 is 11.8 Å². The molecule has 1 aliphatic heterocycles. The summed E-state index contributed by atoms with van der Waals surface area (Å²) in [5.41, 5.74) is 8.83. The Morgan fingerprint density at radius 3 is 2.94 bits per heavy atom. The number of amides is 1. The minimum atomic E-state index is -0.253. The number of carbonyl (C=O) groups excluding carboxylic acids is 1. The van der Waals surface area contributed by atoms with Gasteiger partial charge in [0.05, 0.1) is 12.3 Å². The van der Waals surface area contributed by atoms with Crippen LogP contribution in [0.15, 0.2) is 18.2 Å². The molecule has 1 aliphatic rings. The van der Waals surface area contributed by atoms with Crippen LogP contribution in [0.2, 0.25) is 0 Å². The molecular formula is C14H20N2O2. The lowest BCUT2D eigenvalue weighted by Crippen LogP contribution is -2.44. The minimum absolute atomic E-state index is 0.253. The van der Waals surface area contributed by atoms with Crippen molar-refractivity contribution in [2.24, 2.45) is 11.7 Å². The van der Waals surface area contributed by atoms with Crippen LogP contribution in [-0.4, -0.2) is 25.8 Å². The van der Waals surface area contributed by atoms with Gasteiger partial charge in [0.2, 0.25) is 0 Å². The summed E-state index contributed by atoms with van der Waals surface area (Å²) in [6.07, 6.45) is 0.631. The maximum atomic E-state index is 11.9. The molecular weight excluding hydrogens is 228 g/mol. The monoisotopic (exact) mass is 248 g/mol. The molecule has 18 heavy (non-hydrogen) atoms. The minimum Gasteiger partial charge on any atom is -0.449 e. The molecule has 2 N–H and O–H groups in total. The Balaban J connectivity index is 2.24. The number of nitrogens with two attached hydrogens (primary N) is 1. The number of anilines is 1. The number of cyclic esters (lactones) is 1. The highest BCUT2D eigenvalue weighted by molar-refractivity contribution is 5.89. The van der Waals surface area contributed by atoms with E-state index in [2.05, 4.69) is 0 Å². The second-order valence-corrected chi connectivity index (χ2v) is 4.85. The number of hydrogen-bond acceptors (Lipinski definition) is 3. The highest BCUT2D eigenvalue weighted by atomic mass is 16.6. The Morgan fingerprint density at radius 2 is 2.22 bits per heavy atom. The maximum Gasteiger partial charge on any atom is 0.414 e. The van der Waals surface area contributed by atoms with E-state index in [1.165, 1.54) is 5.56 Å². The summed E-state index contributed by atoms with van der Waals surface area (Å²) in [4.78, 5) is 13.6. The summed E-state index contributed by atoms with van der Waals surface area (Å²) in [5, 5.41) is 0. The van der Waals surface area contributed by atoms with E-state index in [0.29, 0.717) is 25.6 Å². The molecule has 1 aromatic carbocycles. The van der Waals surface area contributed by atoms with Gasteiger partial charge in [0.25, 0.3) is 0 Å². The van der Waals surface area contributed by atoms with Crippen molar-refractivity contribution in [3.05, 3.63) is 29.3 Å². The first kappa shape index (κ1) is 12.9. The fraction of sp³-hybridized carbons (Fsp3) is 0.500. The van der Waals surface area contributed by atoms with Gasteiger partial charge in [0, 0.05) is 12.5 Å². The van der Waals surface area contributed by atoms with Crippen LogP contribution in [0.25, 0.3) is 0 Å². The van der Waals surface area contributed by atoms with Crippen LogP contribution < -0.4 is 10.6 Å². The summed E-state index contributed by atoms with van der Waals surface area (Å²) in [6.45, 7) is 5.89. The number of aryl methyl sites for hydroxylation is 1. The largest absolute Gasteiger partial charge is 0.449 e. The van der Waals surface area contributed by atoms with Crippen LogP contribution in [-0.2, 0) is 4.74 Å². The van der Waals surface area contributed by atoms with Crippen molar-refractivity contribution in [1.29, 1.82) is 0 Å². The molecule has 1 unspecified atom stereocenters. The topological polar surface area (TPSA) is 55.6 Å². The van der Waals surface area contributed by atoms with E-state index in [1.807, 2.05) is 32.0 Å². The predicted molar refractivity (Wildman–Crippen MR) is 71.8 cm³/mol. The fourth-order valence-electron chi connectivity index (χ4n) is 2.29. The van der Waals surface area contributed by atoms with E-state index in [1.54, 1.807) is 4.90 Å².